The third kappa shape index (κ3) is 4.37. The van der Waals surface area contributed by atoms with Crippen molar-refractivity contribution in [2.24, 2.45) is 5.92 Å². The summed E-state index contributed by atoms with van der Waals surface area (Å²) in [5.41, 5.74) is -0.474. The number of carbonyl (C=O) groups excluding carboxylic acids is 4. The molecule has 0 aromatic heterocycles. The molecule has 1 aromatic carbocycles. The van der Waals surface area contributed by atoms with Crippen LogP contribution in [0.2, 0.25) is 5.02 Å². The van der Waals surface area contributed by atoms with Crippen LogP contribution in [0.4, 0.5) is 10.5 Å². The lowest BCUT2D eigenvalue weighted by molar-refractivity contribution is -0.155. The van der Waals surface area contributed by atoms with E-state index in [1.54, 1.807) is 24.3 Å². The Morgan fingerprint density at radius 1 is 1.38 bits per heavy atom. The second-order valence-corrected chi connectivity index (χ2v) is 8.01. The van der Waals surface area contributed by atoms with Crippen molar-refractivity contribution in [3.05, 3.63) is 29.3 Å². The maximum absolute atomic E-state index is 12.9. The monoisotopic (exact) mass is 421 g/mol. The number of ether oxygens (including phenoxy) is 1. The summed E-state index contributed by atoms with van der Waals surface area (Å²) in [6.45, 7) is 2.81. The molecule has 0 bridgehead atoms. The van der Waals surface area contributed by atoms with Gasteiger partial charge in [-0.15, -0.1) is 0 Å². The number of nitrogens with zero attached hydrogens (tertiary/aromatic N) is 1. The minimum absolute atomic E-state index is 0.00359. The summed E-state index contributed by atoms with van der Waals surface area (Å²) in [5, 5.41) is 5.82. The van der Waals surface area contributed by atoms with Crippen molar-refractivity contribution in [3.8, 4) is 0 Å². The van der Waals surface area contributed by atoms with Crippen LogP contribution >= 0.6 is 11.6 Å². The Kier molecular flexibility index (Phi) is 6.12. The van der Waals surface area contributed by atoms with Gasteiger partial charge in [-0.25, -0.2) is 4.79 Å². The SMILES string of the molecule is C[C@H](OC(=O)CN1C(=O)N[C@@]2(CCCC[C@@H]2C)C1=O)C(=O)Nc1cccc(Cl)c1. The topological polar surface area (TPSA) is 105 Å². The molecule has 1 saturated carbocycles. The van der Waals surface area contributed by atoms with Crippen molar-refractivity contribution in [1.82, 2.24) is 10.2 Å². The smallest absolute Gasteiger partial charge is 0.327 e. The highest BCUT2D eigenvalue weighted by Crippen LogP contribution is 2.38. The maximum Gasteiger partial charge on any atom is 0.327 e. The summed E-state index contributed by atoms with van der Waals surface area (Å²) in [6, 6.07) is 5.95. The number of benzene rings is 1. The van der Waals surface area contributed by atoms with Crippen molar-refractivity contribution in [3.63, 3.8) is 0 Å². The van der Waals surface area contributed by atoms with Gasteiger partial charge >= 0.3 is 12.0 Å². The molecular weight excluding hydrogens is 398 g/mol. The minimum atomic E-state index is -1.11. The van der Waals surface area contributed by atoms with Crippen LogP contribution in [0.1, 0.15) is 39.5 Å². The van der Waals surface area contributed by atoms with Gasteiger partial charge in [0.1, 0.15) is 12.1 Å². The van der Waals surface area contributed by atoms with Crippen molar-refractivity contribution in [2.75, 3.05) is 11.9 Å². The van der Waals surface area contributed by atoms with Crippen LogP contribution in [0.5, 0.6) is 0 Å². The predicted octanol–water partition coefficient (Wildman–Crippen LogP) is 2.71. The molecule has 0 unspecified atom stereocenters. The molecule has 0 radical (unpaired) electrons. The summed E-state index contributed by atoms with van der Waals surface area (Å²) in [5.74, 6) is -1.78. The normalized spacial score (nSPS) is 24.9. The van der Waals surface area contributed by atoms with E-state index in [1.165, 1.54) is 6.92 Å². The van der Waals surface area contributed by atoms with Gasteiger partial charge < -0.3 is 15.4 Å². The fourth-order valence-electron chi connectivity index (χ4n) is 3.87. The Hall–Kier alpha value is -2.61. The molecule has 2 N–H and O–H groups in total. The van der Waals surface area contributed by atoms with Crippen molar-refractivity contribution < 1.29 is 23.9 Å². The molecule has 3 atom stereocenters. The predicted molar refractivity (Wildman–Crippen MR) is 106 cm³/mol. The number of imide groups is 1. The molecule has 1 spiro atoms. The number of anilines is 1. The molecule has 1 aliphatic heterocycles. The molecule has 4 amide bonds. The van der Waals surface area contributed by atoms with Gasteiger partial charge in [0.25, 0.3) is 11.8 Å². The van der Waals surface area contributed by atoms with Crippen LogP contribution in [0.3, 0.4) is 0 Å². The fourth-order valence-corrected chi connectivity index (χ4v) is 4.06. The molecule has 1 aliphatic carbocycles. The average Bonchev–Trinajstić information content (AvgIpc) is 2.89. The highest BCUT2D eigenvalue weighted by molar-refractivity contribution is 6.30. The molecule has 1 aromatic rings. The van der Waals surface area contributed by atoms with Gasteiger partial charge in [0, 0.05) is 10.7 Å². The van der Waals surface area contributed by atoms with Crippen LogP contribution < -0.4 is 10.6 Å². The van der Waals surface area contributed by atoms with Crippen LogP contribution in [0.25, 0.3) is 0 Å². The highest BCUT2D eigenvalue weighted by atomic mass is 35.5. The summed E-state index contributed by atoms with van der Waals surface area (Å²) >= 11 is 5.87. The first-order chi connectivity index (χ1) is 13.7. The number of hydrogen-bond donors (Lipinski definition) is 2. The number of rotatable bonds is 5. The number of nitrogens with one attached hydrogen (secondary N) is 2. The van der Waals surface area contributed by atoms with E-state index in [0.717, 1.165) is 24.2 Å². The van der Waals surface area contributed by atoms with Crippen molar-refractivity contribution >= 4 is 41.1 Å². The molecule has 2 fully saturated rings. The first kappa shape index (κ1) is 21.1. The first-order valence-electron chi connectivity index (χ1n) is 9.63. The fraction of sp³-hybridized carbons (Fsp3) is 0.500. The van der Waals surface area contributed by atoms with Crippen LogP contribution in [0, 0.1) is 5.92 Å². The Morgan fingerprint density at radius 2 is 2.14 bits per heavy atom. The van der Waals surface area contributed by atoms with Gasteiger partial charge in [-0.3, -0.25) is 19.3 Å². The van der Waals surface area contributed by atoms with Crippen LogP contribution in [0.15, 0.2) is 24.3 Å². The Bertz CT molecular complexity index is 845. The number of hydrogen-bond acceptors (Lipinski definition) is 5. The van der Waals surface area contributed by atoms with E-state index in [9.17, 15) is 19.2 Å². The number of carbonyl (C=O) groups is 4. The van der Waals surface area contributed by atoms with E-state index in [4.69, 9.17) is 16.3 Å². The summed E-state index contributed by atoms with van der Waals surface area (Å²) in [4.78, 5) is 50.6. The number of halogens is 1. The lowest BCUT2D eigenvalue weighted by atomic mass is 9.73. The molecule has 156 valence electrons. The minimum Gasteiger partial charge on any atom is -0.451 e. The van der Waals surface area contributed by atoms with E-state index in [1.807, 2.05) is 6.92 Å². The number of esters is 1. The third-order valence-corrected chi connectivity index (χ3v) is 5.79. The third-order valence-electron chi connectivity index (χ3n) is 5.56. The van der Waals surface area contributed by atoms with Gasteiger partial charge in [0.2, 0.25) is 0 Å². The van der Waals surface area contributed by atoms with Gasteiger partial charge in [0.15, 0.2) is 6.10 Å². The maximum atomic E-state index is 12.9. The van der Waals surface area contributed by atoms with E-state index >= 15 is 0 Å². The summed E-state index contributed by atoms with van der Waals surface area (Å²) < 4.78 is 5.12. The molecule has 29 heavy (non-hydrogen) atoms. The van der Waals surface area contributed by atoms with Crippen LogP contribution in [-0.4, -0.2) is 46.9 Å². The quantitative estimate of drug-likeness (QED) is 0.561. The Labute approximate surface area is 173 Å². The molecule has 2 aliphatic rings. The summed E-state index contributed by atoms with van der Waals surface area (Å²) in [7, 11) is 0. The lowest BCUT2D eigenvalue weighted by Gasteiger charge is -2.36. The number of urea groups is 1. The first-order valence-corrected chi connectivity index (χ1v) is 10.0. The lowest BCUT2D eigenvalue weighted by Crippen LogP contribution is -2.54. The van der Waals surface area contributed by atoms with E-state index in [2.05, 4.69) is 10.6 Å². The largest absolute Gasteiger partial charge is 0.451 e. The highest BCUT2D eigenvalue weighted by Gasteiger charge is 2.55. The van der Waals surface area contributed by atoms with Crippen LogP contribution in [-0.2, 0) is 19.1 Å². The zero-order valence-electron chi connectivity index (χ0n) is 16.4. The number of amides is 4. The Balaban J connectivity index is 1.58. The van der Waals surface area contributed by atoms with E-state index in [0.29, 0.717) is 17.1 Å². The summed E-state index contributed by atoms with van der Waals surface area (Å²) in [6.07, 6.45) is 2.14. The molecular formula is C20H24ClN3O5. The molecule has 8 nitrogen and oxygen atoms in total. The average molecular weight is 422 g/mol. The van der Waals surface area contributed by atoms with Crippen molar-refractivity contribution in [1.29, 1.82) is 0 Å². The second kappa shape index (κ2) is 8.41. The molecule has 1 heterocycles. The van der Waals surface area contributed by atoms with Gasteiger partial charge in [-0.2, -0.15) is 0 Å². The van der Waals surface area contributed by atoms with Gasteiger partial charge in [0.05, 0.1) is 0 Å². The van der Waals surface area contributed by atoms with E-state index < -0.39 is 42.0 Å². The second-order valence-electron chi connectivity index (χ2n) is 7.57. The molecule has 1 saturated heterocycles. The zero-order valence-corrected chi connectivity index (χ0v) is 17.1. The standard InChI is InChI=1S/C20H24ClN3O5/c1-12-6-3-4-9-20(12)18(27)24(19(28)23-20)11-16(25)29-13(2)17(26)22-15-8-5-7-14(21)10-15/h5,7-8,10,12-13H,3-4,6,9,11H2,1-2H3,(H,22,26)(H,23,28)/t12-,13-,20+/m0/s1. The zero-order chi connectivity index (χ0) is 21.2. The van der Waals surface area contributed by atoms with Gasteiger partial charge in [-0.1, -0.05) is 37.4 Å². The molecule has 9 heteroatoms. The van der Waals surface area contributed by atoms with E-state index in [-0.39, 0.29) is 5.92 Å². The van der Waals surface area contributed by atoms with Crippen molar-refractivity contribution in [2.45, 2.75) is 51.2 Å². The van der Waals surface area contributed by atoms with Gasteiger partial charge in [-0.05, 0) is 43.9 Å². The molecule has 3 rings (SSSR count). The Morgan fingerprint density at radius 3 is 2.83 bits per heavy atom.